The molecule has 2 aromatic carbocycles. The highest BCUT2D eigenvalue weighted by atomic mass is 32.1. The summed E-state index contributed by atoms with van der Waals surface area (Å²) in [5, 5.41) is 7.15. The maximum atomic E-state index is 13.3. The van der Waals surface area contributed by atoms with E-state index in [-0.39, 0.29) is 11.9 Å². The fourth-order valence-corrected chi connectivity index (χ4v) is 3.55. The van der Waals surface area contributed by atoms with Crippen molar-refractivity contribution in [1.82, 2.24) is 10.2 Å². The first-order valence-electron chi connectivity index (χ1n) is 9.75. The summed E-state index contributed by atoms with van der Waals surface area (Å²) in [4.78, 5) is 2.35. The fourth-order valence-electron chi connectivity index (χ4n) is 3.35. The minimum atomic E-state index is -0.223. The van der Waals surface area contributed by atoms with Gasteiger partial charge in [-0.05, 0) is 53.5 Å². The number of ether oxygens (including phenoxy) is 1. The van der Waals surface area contributed by atoms with E-state index < -0.39 is 0 Å². The van der Waals surface area contributed by atoms with Crippen LogP contribution in [0.3, 0.4) is 0 Å². The number of nitrogens with zero attached hydrogens (tertiary/aromatic N) is 1. The number of hydrogen-bond acceptors (Lipinski definition) is 3. The zero-order chi connectivity index (χ0) is 19.9. The molecule has 3 rings (SSSR count). The Morgan fingerprint density at radius 1 is 1.04 bits per heavy atom. The van der Waals surface area contributed by atoms with Crippen LogP contribution in [0.25, 0.3) is 0 Å². The van der Waals surface area contributed by atoms with Crippen molar-refractivity contribution in [2.45, 2.75) is 25.8 Å². The molecule has 0 bridgehead atoms. The Labute approximate surface area is 172 Å². The lowest BCUT2D eigenvalue weighted by Gasteiger charge is -2.35. The second-order valence-corrected chi connectivity index (χ2v) is 7.74. The molecule has 2 N–H and O–H groups in total. The summed E-state index contributed by atoms with van der Waals surface area (Å²) in [5.74, 6) is 0.281. The third-order valence-corrected chi connectivity index (χ3v) is 5.28. The standard InChI is InChI=1S/C22H28FN3OS/c1-16(2)17-5-9-20(10-6-17)25-22(28)24-15-21(26-11-13-27-14-12-26)18-3-7-19(23)8-4-18/h3-10,16,21H,11-15H2,1-2H3,(H2,24,25,28)/t21-/m1/s1. The van der Waals surface area contributed by atoms with Gasteiger partial charge in [-0.2, -0.15) is 0 Å². The number of hydrogen-bond donors (Lipinski definition) is 2. The van der Waals surface area contributed by atoms with Crippen LogP contribution in [0.1, 0.15) is 36.9 Å². The van der Waals surface area contributed by atoms with Gasteiger partial charge in [-0.25, -0.2) is 4.39 Å². The summed E-state index contributed by atoms with van der Waals surface area (Å²) in [5.41, 5.74) is 3.33. The second kappa shape index (κ2) is 9.96. The number of anilines is 1. The highest BCUT2D eigenvalue weighted by Gasteiger charge is 2.22. The zero-order valence-corrected chi connectivity index (χ0v) is 17.3. The van der Waals surface area contributed by atoms with Gasteiger partial charge in [0.15, 0.2) is 5.11 Å². The number of benzene rings is 2. The number of morpholine rings is 1. The van der Waals surface area contributed by atoms with E-state index in [9.17, 15) is 4.39 Å². The lowest BCUT2D eigenvalue weighted by Crippen LogP contribution is -2.44. The molecule has 1 saturated heterocycles. The van der Waals surface area contributed by atoms with E-state index >= 15 is 0 Å². The van der Waals surface area contributed by atoms with Crippen LogP contribution < -0.4 is 10.6 Å². The molecule has 1 atom stereocenters. The van der Waals surface area contributed by atoms with Gasteiger partial charge in [0, 0.05) is 25.3 Å². The van der Waals surface area contributed by atoms with Crippen molar-refractivity contribution in [2.24, 2.45) is 0 Å². The molecule has 28 heavy (non-hydrogen) atoms. The topological polar surface area (TPSA) is 36.5 Å². The van der Waals surface area contributed by atoms with Gasteiger partial charge in [0.25, 0.3) is 0 Å². The van der Waals surface area contributed by atoms with Crippen LogP contribution in [0.15, 0.2) is 48.5 Å². The molecule has 0 saturated carbocycles. The molecule has 0 amide bonds. The Kier molecular flexibility index (Phi) is 7.36. The molecule has 1 aliphatic heterocycles. The normalized spacial score (nSPS) is 16.0. The molecular weight excluding hydrogens is 373 g/mol. The van der Waals surface area contributed by atoms with Crippen molar-refractivity contribution in [2.75, 3.05) is 38.2 Å². The maximum absolute atomic E-state index is 13.3. The molecule has 6 heteroatoms. The van der Waals surface area contributed by atoms with E-state index in [1.807, 2.05) is 24.3 Å². The molecule has 0 unspecified atom stereocenters. The van der Waals surface area contributed by atoms with Crippen molar-refractivity contribution < 1.29 is 9.13 Å². The van der Waals surface area contributed by atoms with Crippen LogP contribution >= 0.6 is 12.2 Å². The molecule has 1 aliphatic rings. The molecule has 0 spiro atoms. The largest absolute Gasteiger partial charge is 0.379 e. The molecule has 4 nitrogen and oxygen atoms in total. The molecular formula is C22H28FN3OS. The van der Waals surface area contributed by atoms with Crippen LogP contribution in [0.2, 0.25) is 0 Å². The molecule has 0 radical (unpaired) electrons. The maximum Gasteiger partial charge on any atom is 0.170 e. The van der Waals surface area contributed by atoms with Gasteiger partial charge in [0.05, 0.1) is 19.3 Å². The molecule has 1 heterocycles. The van der Waals surface area contributed by atoms with Crippen LogP contribution in [0, 0.1) is 5.82 Å². The molecule has 2 aromatic rings. The van der Waals surface area contributed by atoms with Crippen LogP contribution in [-0.2, 0) is 4.74 Å². The van der Waals surface area contributed by atoms with E-state index in [2.05, 4.69) is 41.5 Å². The first-order chi connectivity index (χ1) is 13.5. The predicted octanol–water partition coefficient (Wildman–Crippen LogP) is 4.31. The Morgan fingerprint density at radius 2 is 1.64 bits per heavy atom. The van der Waals surface area contributed by atoms with Crippen LogP contribution in [0.5, 0.6) is 0 Å². The van der Waals surface area contributed by atoms with Gasteiger partial charge in [0.2, 0.25) is 0 Å². The minimum Gasteiger partial charge on any atom is -0.379 e. The third-order valence-electron chi connectivity index (χ3n) is 5.03. The van der Waals surface area contributed by atoms with E-state index in [1.165, 1.54) is 17.7 Å². The lowest BCUT2D eigenvalue weighted by molar-refractivity contribution is 0.0170. The summed E-state index contributed by atoms with van der Waals surface area (Å²) < 4.78 is 18.8. The van der Waals surface area contributed by atoms with Crippen LogP contribution in [-0.4, -0.2) is 42.9 Å². The highest BCUT2D eigenvalue weighted by Crippen LogP contribution is 2.22. The van der Waals surface area contributed by atoms with Gasteiger partial charge in [-0.15, -0.1) is 0 Å². The summed E-state index contributed by atoms with van der Waals surface area (Å²) in [6, 6.07) is 15.1. The van der Waals surface area contributed by atoms with Gasteiger partial charge < -0.3 is 15.4 Å². The van der Waals surface area contributed by atoms with E-state index in [0.29, 0.717) is 30.8 Å². The van der Waals surface area contributed by atoms with Crippen molar-refractivity contribution in [3.05, 3.63) is 65.5 Å². The Balaban J connectivity index is 1.62. The average Bonchev–Trinajstić information content (AvgIpc) is 2.70. The summed E-state index contributed by atoms with van der Waals surface area (Å²) >= 11 is 5.49. The molecule has 1 fully saturated rings. The summed E-state index contributed by atoms with van der Waals surface area (Å²) in [6.45, 7) is 8.11. The number of nitrogens with one attached hydrogen (secondary N) is 2. The number of halogens is 1. The van der Waals surface area contributed by atoms with Crippen molar-refractivity contribution in [1.29, 1.82) is 0 Å². The molecule has 0 aromatic heterocycles. The number of thiocarbonyl (C=S) groups is 1. The van der Waals surface area contributed by atoms with Gasteiger partial charge in [-0.3, -0.25) is 4.90 Å². The smallest absolute Gasteiger partial charge is 0.170 e. The van der Waals surface area contributed by atoms with Crippen molar-refractivity contribution in [3.63, 3.8) is 0 Å². The summed E-state index contributed by atoms with van der Waals surface area (Å²) in [6.07, 6.45) is 0. The third kappa shape index (κ3) is 5.74. The fraction of sp³-hybridized carbons (Fsp3) is 0.409. The monoisotopic (exact) mass is 401 g/mol. The van der Waals surface area contributed by atoms with E-state index in [1.54, 1.807) is 0 Å². The van der Waals surface area contributed by atoms with E-state index in [4.69, 9.17) is 17.0 Å². The zero-order valence-electron chi connectivity index (χ0n) is 16.5. The molecule has 0 aliphatic carbocycles. The first kappa shape index (κ1) is 20.7. The number of rotatable bonds is 6. The van der Waals surface area contributed by atoms with E-state index in [0.717, 1.165) is 24.3 Å². The van der Waals surface area contributed by atoms with Gasteiger partial charge in [0.1, 0.15) is 5.82 Å². The van der Waals surface area contributed by atoms with Gasteiger partial charge in [-0.1, -0.05) is 38.1 Å². The lowest BCUT2D eigenvalue weighted by atomic mass is 10.0. The Bertz CT molecular complexity index is 758. The second-order valence-electron chi connectivity index (χ2n) is 7.33. The van der Waals surface area contributed by atoms with Crippen molar-refractivity contribution >= 4 is 23.0 Å². The average molecular weight is 402 g/mol. The summed E-state index contributed by atoms with van der Waals surface area (Å²) in [7, 11) is 0. The quantitative estimate of drug-likeness (QED) is 0.706. The van der Waals surface area contributed by atoms with Crippen molar-refractivity contribution in [3.8, 4) is 0 Å². The highest BCUT2D eigenvalue weighted by molar-refractivity contribution is 7.80. The minimum absolute atomic E-state index is 0.104. The van der Waals surface area contributed by atoms with Crippen LogP contribution in [0.4, 0.5) is 10.1 Å². The van der Waals surface area contributed by atoms with Gasteiger partial charge >= 0.3 is 0 Å². The Morgan fingerprint density at radius 3 is 2.25 bits per heavy atom. The SMILES string of the molecule is CC(C)c1ccc(NC(=S)NC[C@H](c2ccc(F)cc2)N2CCOCC2)cc1. The Hall–Kier alpha value is -2.02. The molecule has 150 valence electrons. The predicted molar refractivity (Wildman–Crippen MR) is 116 cm³/mol. The first-order valence-corrected chi connectivity index (χ1v) is 10.2.